The fourth-order valence-corrected chi connectivity index (χ4v) is 2.89. The number of rotatable bonds is 4. The van der Waals surface area contributed by atoms with Crippen molar-refractivity contribution in [1.29, 1.82) is 0 Å². The zero-order valence-electron chi connectivity index (χ0n) is 13.7. The summed E-state index contributed by atoms with van der Waals surface area (Å²) >= 11 is 0. The van der Waals surface area contributed by atoms with Crippen molar-refractivity contribution in [3.8, 4) is 17.6 Å². The first-order valence-corrected chi connectivity index (χ1v) is 7.98. The molecular formula is C19H22N2O2. The lowest BCUT2D eigenvalue weighted by molar-refractivity contribution is 0.171. The molecule has 2 heterocycles. The molecule has 4 heteroatoms. The summed E-state index contributed by atoms with van der Waals surface area (Å²) in [6.45, 7) is 5.80. The van der Waals surface area contributed by atoms with E-state index in [0.717, 1.165) is 30.0 Å². The molecule has 0 saturated carbocycles. The lowest BCUT2D eigenvalue weighted by Crippen LogP contribution is -2.23. The Morgan fingerprint density at radius 1 is 1.39 bits per heavy atom. The van der Waals surface area contributed by atoms with Crippen LogP contribution in [0.3, 0.4) is 0 Å². The van der Waals surface area contributed by atoms with Crippen LogP contribution >= 0.6 is 0 Å². The highest BCUT2D eigenvalue weighted by molar-refractivity contribution is 5.91. The zero-order chi connectivity index (χ0) is 16.1. The second kappa shape index (κ2) is 7.34. The highest BCUT2D eigenvalue weighted by Gasteiger charge is 2.35. The first kappa shape index (κ1) is 15.6. The largest absolute Gasteiger partial charge is 0.497 e. The molecule has 0 aliphatic carbocycles. The molecule has 0 spiro atoms. The molecule has 0 amide bonds. The molecule has 4 nitrogen and oxygen atoms in total. The maximum absolute atomic E-state index is 5.42. The van der Waals surface area contributed by atoms with Crippen molar-refractivity contribution < 1.29 is 9.57 Å². The van der Waals surface area contributed by atoms with Crippen LogP contribution in [0.4, 0.5) is 0 Å². The predicted octanol–water partition coefficient (Wildman–Crippen LogP) is 2.70. The Morgan fingerprint density at radius 2 is 2.22 bits per heavy atom. The van der Waals surface area contributed by atoms with E-state index in [-0.39, 0.29) is 0 Å². The zero-order valence-corrected chi connectivity index (χ0v) is 13.7. The predicted molar refractivity (Wildman–Crippen MR) is 91.6 cm³/mol. The van der Waals surface area contributed by atoms with E-state index >= 15 is 0 Å². The summed E-state index contributed by atoms with van der Waals surface area (Å²) in [4.78, 5) is 7.85. The lowest BCUT2D eigenvalue weighted by Gasteiger charge is -2.12. The fourth-order valence-electron chi connectivity index (χ4n) is 2.89. The van der Waals surface area contributed by atoms with Crippen LogP contribution in [-0.4, -0.2) is 44.0 Å². The monoisotopic (exact) mass is 310 g/mol. The van der Waals surface area contributed by atoms with Crippen molar-refractivity contribution in [2.24, 2.45) is 11.1 Å². The number of ether oxygens (including phenoxy) is 1. The van der Waals surface area contributed by atoms with E-state index in [1.54, 1.807) is 7.11 Å². The molecule has 2 aliphatic rings. The quantitative estimate of drug-likeness (QED) is 0.487. The second-order valence-electron chi connectivity index (χ2n) is 5.96. The maximum Gasteiger partial charge on any atom is 0.136 e. The summed E-state index contributed by atoms with van der Waals surface area (Å²) in [5.41, 5.74) is 3.15. The average molecular weight is 310 g/mol. The molecule has 0 radical (unpaired) electrons. The van der Waals surface area contributed by atoms with Gasteiger partial charge in [0.1, 0.15) is 12.4 Å². The molecule has 120 valence electrons. The van der Waals surface area contributed by atoms with Gasteiger partial charge in [0.15, 0.2) is 0 Å². The first-order chi connectivity index (χ1) is 11.2. The molecule has 1 aromatic carbocycles. The SMILES string of the molecule is COc1ccc(C#C/C(C)=C\CO/N=C2\CN3CCC2C3)cc1. The third kappa shape index (κ3) is 4.14. The third-order valence-corrected chi connectivity index (χ3v) is 4.27. The number of nitrogens with zero attached hydrogens (tertiary/aromatic N) is 2. The Morgan fingerprint density at radius 3 is 2.87 bits per heavy atom. The van der Waals surface area contributed by atoms with E-state index in [4.69, 9.17) is 9.57 Å². The molecule has 2 unspecified atom stereocenters. The number of piperidine rings is 1. The van der Waals surface area contributed by atoms with E-state index in [0.29, 0.717) is 12.5 Å². The van der Waals surface area contributed by atoms with Gasteiger partial charge in [0.05, 0.1) is 12.8 Å². The minimum absolute atomic E-state index is 0.472. The molecule has 0 aromatic heterocycles. The van der Waals surface area contributed by atoms with Gasteiger partial charge in [0, 0.05) is 24.6 Å². The fraction of sp³-hybridized carbons (Fsp3) is 0.421. The average Bonchev–Trinajstić information content (AvgIpc) is 3.20. The van der Waals surface area contributed by atoms with Crippen LogP contribution in [0.15, 0.2) is 41.1 Å². The second-order valence-corrected chi connectivity index (χ2v) is 5.96. The van der Waals surface area contributed by atoms with Gasteiger partial charge >= 0.3 is 0 Å². The Bertz CT molecular complexity index is 665. The van der Waals surface area contributed by atoms with Gasteiger partial charge in [-0.2, -0.15) is 0 Å². The van der Waals surface area contributed by atoms with Crippen LogP contribution in [-0.2, 0) is 4.84 Å². The van der Waals surface area contributed by atoms with Gasteiger partial charge in [-0.1, -0.05) is 17.0 Å². The van der Waals surface area contributed by atoms with Gasteiger partial charge in [0.2, 0.25) is 0 Å². The number of fused-ring (bicyclic) bond motifs is 2. The molecule has 2 aliphatic heterocycles. The summed E-state index contributed by atoms with van der Waals surface area (Å²) in [7, 11) is 1.66. The number of methoxy groups -OCH3 is 1. The highest BCUT2D eigenvalue weighted by Crippen LogP contribution is 2.25. The molecule has 2 atom stereocenters. The molecule has 3 rings (SSSR count). The van der Waals surface area contributed by atoms with Gasteiger partial charge in [0.25, 0.3) is 0 Å². The summed E-state index contributed by atoms with van der Waals surface area (Å²) in [6, 6.07) is 7.72. The molecule has 0 N–H and O–H groups in total. The summed E-state index contributed by atoms with van der Waals surface area (Å²) in [5.74, 6) is 7.71. The standard InChI is InChI=1S/C19H22N2O2/c1-15(3-4-16-5-7-18(22-2)8-6-16)10-12-23-20-19-14-21-11-9-17(19)13-21/h5-8,10,17H,9,11-14H2,1-2H3/b15-10-,20-19+. The number of hydrogen-bond donors (Lipinski definition) is 0. The van der Waals surface area contributed by atoms with Crippen molar-refractivity contribution in [3.63, 3.8) is 0 Å². The highest BCUT2D eigenvalue weighted by atomic mass is 16.6. The van der Waals surface area contributed by atoms with Crippen molar-refractivity contribution in [2.75, 3.05) is 33.4 Å². The first-order valence-electron chi connectivity index (χ1n) is 7.98. The summed E-state index contributed by atoms with van der Waals surface area (Å²) in [5, 5.41) is 4.28. The normalized spacial score (nSPS) is 24.4. The Balaban J connectivity index is 1.48. The van der Waals surface area contributed by atoms with Crippen molar-refractivity contribution in [1.82, 2.24) is 4.90 Å². The van der Waals surface area contributed by atoms with Crippen molar-refractivity contribution in [2.45, 2.75) is 13.3 Å². The maximum atomic E-state index is 5.42. The van der Waals surface area contributed by atoms with E-state index < -0.39 is 0 Å². The topological polar surface area (TPSA) is 34.1 Å². The van der Waals surface area contributed by atoms with Gasteiger partial charge in [-0.3, -0.25) is 4.90 Å². The van der Waals surface area contributed by atoms with Gasteiger partial charge in [-0.05, 0) is 55.8 Å². The van der Waals surface area contributed by atoms with Crippen LogP contribution in [0.25, 0.3) is 0 Å². The third-order valence-electron chi connectivity index (χ3n) is 4.27. The Kier molecular flexibility index (Phi) is 4.99. The number of hydrogen-bond acceptors (Lipinski definition) is 4. The van der Waals surface area contributed by atoms with E-state index in [1.807, 2.05) is 37.3 Å². The molecule has 2 fully saturated rings. The van der Waals surface area contributed by atoms with E-state index in [9.17, 15) is 0 Å². The molecule has 2 saturated heterocycles. The lowest BCUT2D eigenvalue weighted by atomic mass is 10.0. The van der Waals surface area contributed by atoms with Crippen LogP contribution in [0.5, 0.6) is 5.75 Å². The smallest absolute Gasteiger partial charge is 0.136 e. The van der Waals surface area contributed by atoms with Crippen LogP contribution in [0.2, 0.25) is 0 Å². The van der Waals surface area contributed by atoms with Crippen molar-refractivity contribution >= 4 is 5.71 Å². The molecule has 2 bridgehead atoms. The van der Waals surface area contributed by atoms with Gasteiger partial charge in [-0.25, -0.2) is 0 Å². The van der Waals surface area contributed by atoms with Crippen LogP contribution in [0, 0.1) is 17.8 Å². The van der Waals surface area contributed by atoms with Gasteiger partial charge < -0.3 is 9.57 Å². The Labute approximate surface area is 137 Å². The summed E-state index contributed by atoms with van der Waals surface area (Å²) in [6.07, 6.45) is 3.19. The number of oxime groups is 1. The summed E-state index contributed by atoms with van der Waals surface area (Å²) < 4.78 is 5.13. The van der Waals surface area contributed by atoms with E-state index in [1.165, 1.54) is 18.7 Å². The van der Waals surface area contributed by atoms with Crippen LogP contribution in [0.1, 0.15) is 18.9 Å². The van der Waals surface area contributed by atoms with Crippen molar-refractivity contribution in [3.05, 3.63) is 41.5 Å². The minimum atomic E-state index is 0.472. The Hall–Kier alpha value is -2.25. The molecule has 1 aromatic rings. The molecular weight excluding hydrogens is 288 g/mol. The molecule has 23 heavy (non-hydrogen) atoms. The van der Waals surface area contributed by atoms with E-state index in [2.05, 4.69) is 21.9 Å². The van der Waals surface area contributed by atoms with Gasteiger partial charge in [-0.15, -0.1) is 0 Å². The van der Waals surface area contributed by atoms with Crippen LogP contribution < -0.4 is 4.74 Å². The number of allylic oxidation sites excluding steroid dienone is 1. The minimum Gasteiger partial charge on any atom is -0.497 e. The number of benzene rings is 1.